The maximum atomic E-state index is 10.7. The molecular weight excluding hydrogens is 236 g/mol. The molecule has 1 aliphatic carbocycles. The van der Waals surface area contributed by atoms with Crippen LogP contribution in [-0.4, -0.2) is 23.7 Å². The summed E-state index contributed by atoms with van der Waals surface area (Å²) < 4.78 is 4.15. The van der Waals surface area contributed by atoms with Gasteiger partial charge in [0.2, 0.25) is 0 Å². The summed E-state index contributed by atoms with van der Waals surface area (Å²) >= 11 is 3.30. The van der Waals surface area contributed by atoms with E-state index in [1.165, 1.54) is 6.42 Å². The fourth-order valence-electron chi connectivity index (χ4n) is 1.01. The molecule has 0 spiro atoms. The Balaban J connectivity index is 0.000000252. The van der Waals surface area contributed by atoms with Crippen LogP contribution in [0.4, 0.5) is 0 Å². The molecule has 0 heterocycles. The van der Waals surface area contributed by atoms with Crippen LogP contribution < -0.4 is 0 Å². The summed E-state index contributed by atoms with van der Waals surface area (Å²) in [4.78, 5) is 20.1. The molecule has 4 heteroatoms. The Hall–Kier alpha value is -0.380. The lowest BCUT2D eigenvalue weighted by Crippen LogP contribution is -2.17. The first-order valence-electron chi connectivity index (χ1n) is 4.44. The third kappa shape index (κ3) is 6.75. The molecule has 0 aliphatic heterocycles. The normalized spacial score (nSPS) is 21.4. The van der Waals surface area contributed by atoms with Crippen LogP contribution in [-0.2, 0) is 14.3 Å². The Kier molecular flexibility index (Phi) is 7.99. The predicted octanol–water partition coefficient (Wildman–Crippen LogP) is 2.07. The maximum Gasteiger partial charge on any atom is 0.293 e. The highest BCUT2D eigenvalue weighted by Gasteiger charge is 2.17. The van der Waals surface area contributed by atoms with Gasteiger partial charge in [0.25, 0.3) is 6.47 Å². The Morgan fingerprint density at radius 1 is 1.62 bits per heavy atom. The van der Waals surface area contributed by atoms with Crippen molar-refractivity contribution in [2.24, 2.45) is 0 Å². The summed E-state index contributed by atoms with van der Waals surface area (Å²) in [5, 5.41) is 0. The van der Waals surface area contributed by atoms with E-state index in [0.717, 1.165) is 19.3 Å². The van der Waals surface area contributed by atoms with Gasteiger partial charge in [-0.15, -0.1) is 0 Å². The van der Waals surface area contributed by atoms with Crippen LogP contribution in [0.1, 0.15) is 32.6 Å². The van der Waals surface area contributed by atoms with Crippen molar-refractivity contribution in [3.05, 3.63) is 0 Å². The van der Waals surface area contributed by atoms with E-state index >= 15 is 0 Å². The summed E-state index contributed by atoms with van der Waals surface area (Å²) in [7, 11) is 0. The number of halogens is 1. The number of rotatable bonds is 2. The number of hydrogen-bond donors (Lipinski definition) is 0. The van der Waals surface area contributed by atoms with E-state index in [4.69, 9.17) is 0 Å². The number of ketones is 1. The van der Waals surface area contributed by atoms with Gasteiger partial charge in [0.1, 0.15) is 5.78 Å². The van der Waals surface area contributed by atoms with Crippen LogP contribution in [0, 0.1) is 0 Å². The fourth-order valence-corrected chi connectivity index (χ4v) is 1.56. The lowest BCUT2D eigenvalue weighted by molar-refractivity contribution is -0.128. The topological polar surface area (TPSA) is 43.4 Å². The molecule has 0 saturated heterocycles. The van der Waals surface area contributed by atoms with Gasteiger partial charge in [-0.25, -0.2) is 0 Å². The third-order valence-corrected chi connectivity index (χ3v) is 2.68. The average molecular weight is 251 g/mol. The molecule has 1 saturated carbocycles. The highest BCUT2D eigenvalue weighted by molar-refractivity contribution is 9.10. The van der Waals surface area contributed by atoms with Crippen molar-refractivity contribution in [3.63, 3.8) is 0 Å². The number of alkyl halides is 1. The minimum atomic E-state index is 0.177. The van der Waals surface area contributed by atoms with Crippen molar-refractivity contribution in [1.29, 1.82) is 0 Å². The molecule has 0 aromatic heterocycles. The number of hydrogen-bond acceptors (Lipinski definition) is 3. The van der Waals surface area contributed by atoms with Crippen LogP contribution >= 0.6 is 15.9 Å². The van der Waals surface area contributed by atoms with Crippen molar-refractivity contribution in [2.45, 2.75) is 37.4 Å². The van der Waals surface area contributed by atoms with Crippen LogP contribution in [0.2, 0.25) is 0 Å². The zero-order chi connectivity index (χ0) is 10.1. The first-order chi connectivity index (χ1) is 6.22. The molecular formula is C9H15BrO3. The second kappa shape index (κ2) is 8.23. The zero-order valence-corrected chi connectivity index (χ0v) is 9.38. The van der Waals surface area contributed by atoms with E-state index in [1.807, 2.05) is 0 Å². The largest absolute Gasteiger partial charge is 0.468 e. The molecule has 1 unspecified atom stereocenters. The van der Waals surface area contributed by atoms with Crippen LogP contribution in [0.3, 0.4) is 0 Å². The Morgan fingerprint density at radius 3 is 2.54 bits per heavy atom. The molecule has 1 atom stereocenters. The first kappa shape index (κ1) is 12.6. The Morgan fingerprint density at radius 2 is 2.31 bits per heavy atom. The highest BCUT2D eigenvalue weighted by atomic mass is 79.9. The zero-order valence-electron chi connectivity index (χ0n) is 7.79. The quantitative estimate of drug-likeness (QED) is 0.557. The number of carbonyl (C=O) groups excluding carboxylic acids is 2. The second-order valence-corrected chi connectivity index (χ2v) is 3.84. The molecule has 1 fully saturated rings. The molecule has 0 amide bonds. The molecule has 0 aromatic rings. The van der Waals surface area contributed by atoms with E-state index < -0.39 is 0 Å². The van der Waals surface area contributed by atoms with E-state index in [2.05, 4.69) is 20.7 Å². The van der Waals surface area contributed by atoms with Gasteiger partial charge in [-0.05, 0) is 19.8 Å². The van der Waals surface area contributed by atoms with E-state index in [9.17, 15) is 9.59 Å². The maximum absolute atomic E-state index is 10.7. The standard InChI is InChI=1S/C6H9BrO.C3H6O2/c7-5-3-1-2-4-6(5)8;1-2-5-3-4/h5H,1-4H2;3H,2H2,1H3. The van der Waals surface area contributed by atoms with E-state index in [1.54, 1.807) is 6.92 Å². The molecule has 0 aromatic carbocycles. The van der Waals surface area contributed by atoms with Crippen molar-refractivity contribution in [2.75, 3.05) is 6.61 Å². The van der Waals surface area contributed by atoms with Crippen molar-refractivity contribution < 1.29 is 14.3 Å². The van der Waals surface area contributed by atoms with Gasteiger partial charge in [-0.1, -0.05) is 22.4 Å². The molecule has 0 bridgehead atoms. The molecule has 3 nitrogen and oxygen atoms in total. The molecule has 13 heavy (non-hydrogen) atoms. The minimum absolute atomic E-state index is 0.177. The molecule has 1 rings (SSSR count). The average Bonchev–Trinajstić information content (AvgIpc) is 2.13. The summed E-state index contributed by atoms with van der Waals surface area (Å²) in [5.74, 6) is 0.385. The Labute approximate surface area is 87.0 Å². The van der Waals surface area contributed by atoms with Gasteiger partial charge >= 0.3 is 0 Å². The monoisotopic (exact) mass is 250 g/mol. The van der Waals surface area contributed by atoms with Crippen molar-refractivity contribution in [1.82, 2.24) is 0 Å². The van der Waals surface area contributed by atoms with Crippen LogP contribution in [0.5, 0.6) is 0 Å². The number of Topliss-reactive ketones (excluding diaryl/α,β-unsaturated/α-hetero) is 1. The highest BCUT2D eigenvalue weighted by Crippen LogP contribution is 2.20. The Bertz CT molecular complexity index is 159. The van der Waals surface area contributed by atoms with E-state index in [0.29, 0.717) is 18.9 Å². The summed E-state index contributed by atoms with van der Waals surface area (Å²) in [5.41, 5.74) is 0. The third-order valence-electron chi connectivity index (χ3n) is 1.71. The summed E-state index contributed by atoms with van der Waals surface area (Å²) in [6.07, 6.45) is 4.14. The summed E-state index contributed by atoms with van der Waals surface area (Å²) in [6, 6.07) is 0. The lowest BCUT2D eigenvalue weighted by Gasteiger charge is -2.13. The van der Waals surface area contributed by atoms with Gasteiger partial charge in [-0.3, -0.25) is 9.59 Å². The summed E-state index contributed by atoms with van der Waals surface area (Å²) in [6.45, 7) is 2.66. The molecule has 0 radical (unpaired) electrons. The number of ether oxygens (including phenoxy) is 1. The molecule has 1 aliphatic rings. The minimum Gasteiger partial charge on any atom is -0.468 e. The number of carbonyl (C=O) groups is 2. The predicted molar refractivity (Wildman–Crippen MR) is 53.9 cm³/mol. The van der Waals surface area contributed by atoms with Crippen molar-refractivity contribution in [3.8, 4) is 0 Å². The smallest absolute Gasteiger partial charge is 0.293 e. The van der Waals surface area contributed by atoms with Gasteiger partial charge in [-0.2, -0.15) is 0 Å². The van der Waals surface area contributed by atoms with Gasteiger partial charge in [0.15, 0.2) is 0 Å². The van der Waals surface area contributed by atoms with Gasteiger partial charge in [0, 0.05) is 6.42 Å². The molecule has 0 N–H and O–H groups in total. The van der Waals surface area contributed by atoms with Crippen molar-refractivity contribution >= 4 is 28.2 Å². The van der Waals surface area contributed by atoms with Crippen LogP contribution in [0.15, 0.2) is 0 Å². The van der Waals surface area contributed by atoms with Crippen LogP contribution in [0.25, 0.3) is 0 Å². The van der Waals surface area contributed by atoms with E-state index in [-0.39, 0.29) is 4.83 Å². The van der Waals surface area contributed by atoms with Gasteiger partial charge in [0.05, 0.1) is 11.4 Å². The van der Waals surface area contributed by atoms with Gasteiger partial charge < -0.3 is 4.74 Å². The lowest BCUT2D eigenvalue weighted by atomic mass is 10.00. The molecule has 76 valence electrons. The first-order valence-corrected chi connectivity index (χ1v) is 5.36. The SMILES string of the molecule is CCOC=O.O=C1CCCCC1Br. The fraction of sp³-hybridized carbons (Fsp3) is 0.778. The second-order valence-electron chi connectivity index (χ2n) is 2.73.